The summed E-state index contributed by atoms with van der Waals surface area (Å²) < 4.78 is 11.1. The number of ketones is 1. The average Bonchev–Trinajstić information content (AvgIpc) is 2.59. The van der Waals surface area contributed by atoms with Crippen LogP contribution in [-0.2, 0) is 11.2 Å². The summed E-state index contributed by atoms with van der Waals surface area (Å²) in [5, 5.41) is 0. The molecule has 17 heavy (non-hydrogen) atoms. The molecular formula is C14H16O3. The zero-order valence-electron chi connectivity index (χ0n) is 10.2. The second-order valence-electron chi connectivity index (χ2n) is 6.58. The number of carbonyl (C=O) groups is 1. The molecule has 3 nitrogen and oxygen atoms in total. The number of Topliss-reactive ketones (excluding diaryl/α,β-unsaturated/α-hetero) is 1. The predicted molar refractivity (Wildman–Crippen MR) is 60.9 cm³/mol. The van der Waals surface area contributed by atoms with Gasteiger partial charge in [-0.05, 0) is 31.1 Å². The molecule has 1 saturated carbocycles. The molecular weight excluding hydrogens is 216 g/mol. The van der Waals surface area contributed by atoms with E-state index in [1.807, 2.05) is 0 Å². The lowest BCUT2D eigenvalue weighted by Crippen LogP contribution is -2.28. The standard InChI is InChI=1S/C14H16O3/c1-12(2)7-13-4-3-9-5-16-6-10(9)11(15)14(13,8-12)17-13/h5-6H,3-4,7-8H2,1-2H3. The second kappa shape index (κ2) is 2.51. The number of aryl methyl sites for hydroxylation is 1. The third kappa shape index (κ3) is 0.998. The summed E-state index contributed by atoms with van der Waals surface area (Å²) in [6.07, 6.45) is 7.02. The van der Waals surface area contributed by atoms with Gasteiger partial charge in [-0.15, -0.1) is 0 Å². The van der Waals surface area contributed by atoms with Gasteiger partial charge >= 0.3 is 0 Å². The Hall–Kier alpha value is -1.09. The van der Waals surface area contributed by atoms with Crippen LogP contribution in [0.25, 0.3) is 0 Å². The maximum Gasteiger partial charge on any atom is 0.201 e. The smallest absolute Gasteiger partial charge is 0.201 e. The summed E-state index contributed by atoms with van der Waals surface area (Å²) >= 11 is 0. The summed E-state index contributed by atoms with van der Waals surface area (Å²) in [6, 6.07) is 0. The van der Waals surface area contributed by atoms with E-state index in [1.54, 1.807) is 12.5 Å². The van der Waals surface area contributed by atoms with Crippen molar-refractivity contribution in [2.75, 3.05) is 0 Å². The van der Waals surface area contributed by atoms with Gasteiger partial charge in [0.25, 0.3) is 0 Å². The van der Waals surface area contributed by atoms with Gasteiger partial charge in [0.15, 0.2) is 5.60 Å². The summed E-state index contributed by atoms with van der Waals surface area (Å²) in [7, 11) is 0. The first-order valence-corrected chi connectivity index (χ1v) is 6.28. The first kappa shape index (κ1) is 9.89. The molecule has 0 spiro atoms. The minimum absolute atomic E-state index is 0.157. The van der Waals surface area contributed by atoms with E-state index in [2.05, 4.69) is 13.8 Å². The minimum Gasteiger partial charge on any atom is -0.472 e. The van der Waals surface area contributed by atoms with E-state index in [1.165, 1.54) is 0 Å². The highest BCUT2D eigenvalue weighted by molar-refractivity contribution is 6.07. The van der Waals surface area contributed by atoms with Gasteiger partial charge in [-0.1, -0.05) is 13.8 Å². The van der Waals surface area contributed by atoms with Crippen molar-refractivity contribution in [3.05, 3.63) is 23.7 Å². The van der Waals surface area contributed by atoms with Gasteiger partial charge in [0.1, 0.15) is 11.9 Å². The Bertz CT molecular complexity index is 527. The summed E-state index contributed by atoms with van der Waals surface area (Å²) in [6.45, 7) is 4.47. The molecule has 0 N–H and O–H groups in total. The van der Waals surface area contributed by atoms with Crippen LogP contribution in [0.2, 0.25) is 0 Å². The van der Waals surface area contributed by atoms with E-state index in [0.29, 0.717) is 0 Å². The Balaban J connectivity index is 1.85. The van der Waals surface area contributed by atoms with E-state index in [4.69, 9.17) is 9.15 Å². The van der Waals surface area contributed by atoms with Crippen LogP contribution in [0.1, 0.15) is 49.0 Å². The van der Waals surface area contributed by atoms with Crippen molar-refractivity contribution in [1.29, 1.82) is 0 Å². The number of epoxide rings is 1. The van der Waals surface area contributed by atoms with Gasteiger partial charge in [0.05, 0.1) is 11.8 Å². The number of rotatable bonds is 0. The second-order valence-corrected chi connectivity index (χ2v) is 6.58. The van der Waals surface area contributed by atoms with Crippen molar-refractivity contribution in [2.24, 2.45) is 5.41 Å². The SMILES string of the molecule is CC1(C)CC23CCc4cocc4C(=O)C2(C1)O3. The lowest BCUT2D eigenvalue weighted by Gasteiger charge is -2.22. The summed E-state index contributed by atoms with van der Waals surface area (Å²) in [4.78, 5) is 12.6. The zero-order chi connectivity index (χ0) is 11.9. The molecule has 2 atom stereocenters. The van der Waals surface area contributed by atoms with Crippen LogP contribution in [0.4, 0.5) is 0 Å². The highest BCUT2D eigenvalue weighted by Gasteiger charge is 2.80. The normalized spacial score (nSPS) is 41.4. The Labute approximate surface area is 100 Å². The van der Waals surface area contributed by atoms with Crippen molar-refractivity contribution in [2.45, 2.75) is 50.7 Å². The summed E-state index contributed by atoms with van der Waals surface area (Å²) in [5.41, 5.74) is 1.34. The van der Waals surface area contributed by atoms with Gasteiger partial charge in [0.2, 0.25) is 5.78 Å². The number of carbonyl (C=O) groups excluding carboxylic acids is 1. The molecule has 1 aliphatic heterocycles. The average molecular weight is 232 g/mol. The molecule has 2 aliphatic carbocycles. The molecule has 90 valence electrons. The lowest BCUT2D eigenvalue weighted by molar-refractivity contribution is 0.0770. The Kier molecular flexibility index (Phi) is 1.46. The maximum atomic E-state index is 12.6. The molecule has 0 bridgehead atoms. The first-order chi connectivity index (χ1) is 7.98. The molecule has 1 saturated heterocycles. The van der Waals surface area contributed by atoms with Crippen molar-refractivity contribution >= 4 is 5.78 Å². The highest BCUT2D eigenvalue weighted by Crippen LogP contribution is 2.69. The molecule has 3 heteroatoms. The van der Waals surface area contributed by atoms with Crippen LogP contribution >= 0.6 is 0 Å². The van der Waals surface area contributed by atoms with Crippen LogP contribution in [-0.4, -0.2) is 17.0 Å². The monoisotopic (exact) mass is 232 g/mol. The fourth-order valence-electron chi connectivity index (χ4n) is 4.14. The number of hydrogen-bond acceptors (Lipinski definition) is 3. The van der Waals surface area contributed by atoms with Crippen LogP contribution in [0.5, 0.6) is 0 Å². The van der Waals surface area contributed by atoms with E-state index < -0.39 is 5.60 Å². The quantitative estimate of drug-likeness (QED) is 0.646. The van der Waals surface area contributed by atoms with E-state index >= 15 is 0 Å². The fourth-order valence-corrected chi connectivity index (χ4v) is 4.14. The fraction of sp³-hybridized carbons (Fsp3) is 0.643. The predicted octanol–water partition coefficient (Wildman–Crippen LogP) is 2.74. The molecule has 2 fully saturated rings. The molecule has 1 aromatic rings. The third-order valence-electron chi connectivity index (χ3n) is 4.71. The molecule has 3 aliphatic rings. The topological polar surface area (TPSA) is 42.7 Å². The molecule has 4 rings (SSSR count). The Morgan fingerprint density at radius 1 is 1.24 bits per heavy atom. The lowest BCUT2D eigenvalue weighted by atomic mass is 9.86. The van der Waals surface area contributed by atoms with Gasteiger partial charge in [-0.3, -0.25) is 4.79 Å². The van der Waals surface area contributed by atoms with Crippen molar-refractivity contribution < 1.29 is 13.9 Å². The van der Waals surface area contributed by atoms with E-state index in [-0.39, 0.29) is 16.8 Å². The number of ether oxygens (including phenoxy) is 1. The van der Waals surface area contributed by atoms with Crippen LogP contribution in [0, 0.1) is 5.41 Å². The summed E-state index contributed by atoms with van der Waals surface area (Å²) in [5.74, 6) is 0.157. The Morgan fingerprint density at radius 2 is 2.06 bits per heavy atom. The van der Waals surface area contributed by atoms with E-state index in [9.17, 15) is 4.79 Å². The molecule has 0 aromatic carbocycles. The Morgan fingerprint density at radius 3 is 2.88 bits per heavy atom. The van der Waals surface area contributed by atoms with Crippen molar-refractivity contribution in [3.63, 3.8) is 0 Å². The van der Waals surface area contributed by atoms with Gasteiger partial charge in [-0.2, -0.15) is 0 Å². The van der Waals surface area contributed by atoms with E-state index in [0.717, 1.165) is 36.8 Å². The number of fused-ring (bicyclic) bond motifs is 1. The zero-order valence-corrected chi connectivity index (χ0v) is 10.2. The third-order valence-corrected chi connectivity index (χ3v) is 4.71. The van der Waals surface area contributed by atoms with Gasteiger partial charge < -0.3 is 9.15 Å². The van der Waals surface area contributed by atoms with Gasteiger partial charge in [-0.25, -0.2) is 0 Å². The highest BCUT2D eigenvalue weighted by atomic mass is 16.6. The van der Waals surface area contributed by atoms with Crippen LogP contribution in [0.15, 0.2) is 16.9 Å². The van der Waals surface area contributed by atoms with Crippen molar-refractivity contribution in [1.82, 2.24) is 0 Å². The largest absolute Gasteiger partial charge is 0.472 e. The number of hydrogen-bond donors (Lipinski definition) is 0. The number of furan rings is 1. The molecule has 0 radical (unpaired) electrons. The van der Waals surface area contributed by atoms with Crippen LogP contribution in [0.3, 0.4) is 0 Å². The minimum atomic E-state index is -0.522. The molecule has 2 unspecified atom stereocenters. The maximum absolute atomic E-state index is 12.6. The molecule has 2 heterocycles. The molecule has 1 aromatic heterocycles. The van der Waals surface area contributed by atoms with Crippen molar-refractivity contribution in [3.8, 4) is 0 Å². The van der Waals surface area contributed by atoms with Gasteiger partial charge in [0, 0.05) is 5.56 Å². The molecule has 0 amide bonds. The first-order valence-electron chi connectivity index (χ1n) is 6.28. The van der Waals surface area contributed by atoms with Crippen LogP contribution < -0.4 is 0 Å².